The number of amides is 2. The Hall–Kier alpha value is -3.80. The Morgan fingerprint density at radius 2 is 1.12 bits per heavy atom. The lowest BCUT2D eigenvalue weighted by Gasteiger charge is -2.12. The Balaban J connectivity index is 1.72. The summed E-state index contributed by atoms with van der Waals surface area (Å²) >= 11 is 0. The molecule has 3 aromatic rings. The number of aromatic hydroxyl groups is 2. The molecule has 2 amide bonds. The number of hydrogen-bond donors (Lipinski definition) is 4. The Labute approximate surface area is 200 Å². The molecular formula is C28H32N2O4. The second kappa shape index (κ2) is 11.9. The highest BCUT2D eigenvalue weighted by atomic mass is 16.3. The number of anilines is 2. The minimum absolute atomic E-state index is 0.0827. The molecule has 6 nitrogen and oxygen atoms in total. The van der Waals surface area contributed by atoms with Crippen molar-refractivity contribution in [2.24, 2.45) is 0 Å². The van der Waals surface area contributed by atoms with Crippen LogP contribution in [0.25, 0.3) is 0 Å². The van der Waals surface area contributed by atoms with Gasteiger partial charge in [0, 0.05) is 11.4 Å². The average molecular weight is 461 g/mol. The molecule has 6 heteroatoms. The largest absolute Gasteiger partial charge is 0.507 e. The fraction of sp³-hybridized carbons (Fsp3) is 0.286. The maximum atomic E-state index is 12.8. The van der Waals surface area contributed by atoms with Crippen LogP contribution in [0.2, 0.25) is 0 Å². The molecule has 0 saturated heterocycles. The van der Waals surface area contributed by atoms with Crippen LogP contribution in [-0.2, 0) is 12.8 Å². The van der Waals surface area contributed by atoms with Crippen LogP contribution in [0.15, 0.2) is 60.7 Å². The molecule has 0 bridgehead atoms. The molecule has 0 aliphatic rings. The molecular weight excluding hydrogens is 428 g/mol. The van der Waals surface area contributed by atoms with E-state index in [2.05, 4.69) is 24.5 Å². The van der Waals surface area contributed by atoms with Gasteiger partial charge in [-0.2, -0.15) is 0 Å². The van der Waals surface area contributed by atoms with Crippen molar-refractivity contribution in [3.63, 3.8) is 0 Å². The van der Waals surface area contributed by atoms with Crippen LogP contribution in [0, 0.1) is 0 Å². The van der Waals surface area contributed by atoms with E-state index in [0.717, 1.165) is 49.7 Å². The first-order chi connectivity index (χ1) is 16.4. The van der Waals surface area contributed by atoms with Crippen LogP contribution in [0.5, 0.6) is 11.5 Å². The van der Waals surface area contributed by atoms with Gasteiger partial charge in [-0.25, -0.2) is 0 Å². The van der Waals surface area contributed by atoms with E-state index in [-0.39, 0.29) is 22.6 Å². The smallest absolute Gasteiger partial charge is 0.259 e. The summed E-state index contributed by atoms with van der Waals surface area (Å²) < 4.78 is 0. The number of unbranched alkanes of at least 4 members (excludes halogenated alkanes) is 2. The van der Waals surface area contributed by atoms with Gasteiger partial charge in [0.05, 0.1) is 11.1 Å². The third-order valence-electron chi connectivity index (χ3n) is 5.63. The van der Waals surface area contributed by atoms with Crippen molar-refractivity contribution in [3.05, 3.63) is 82.9 Å². The number of benzene rings is 3. The van der Waals surface area contributed by atoms with Gasteiger partial charge in [0.2, 0.25) is 0 Å². The summed E-state index contributed by atoms with van der Waals surface area (Å²) in [6.07, 6.45) is 5.77. The second-order valence-electron chi connectivity index (χ2n) is 8.40. The van der Waals surface area contributed by atoms with E-state index >= 15 is 0 Å². The van der Waals surface area contributed by atoms with Crippen molar-refractivity contribution in [3.8, 4) is 11.5 Å². The predicted molar refractivity (Wildman–Crippen MR) is 136 cm³/mol. The Bertz CT molecular complexity index is 1070. The number of phenols is 2. The molecule has 0 aliphatic heterocycles. The molecule has 0 saturated carbocycles. The summed E-state index contributed by atoms with van der Waals surface area (Å²) in [7, 11) is 0. The number of carbonyl (C=O) groups excluding carboxylic acids is 2. The monoisotopic (exact) mass is 460 g/mol. The van der Waals surface area contributed by atoms with Gasteiger partial charge >= 0.3 is 0 Å². The van der Waals surface area contributed by atoms with Crippen LogP contribution in [0.4, 0.5) is 11.4 Å². The highest BCUT2D eigenvalue weighted by Gasteiger charge is 2.15. The van der Waals surface area contributed by atoms with E-state index in [0.29, 0.717) is 11.4 Å². The third kappa shape index (κ3) is 6.61. The van der Waals surface area contributed by atoms with Gasteiger partial charge in [-0.05, 0) is 79.3 Å². The molecule has 0 unspecified atom stereocenters. The van der Waals surface area contributed by atoms with E-state index in [4.69, 9.17) is 0 Å². The molecule has 0 aliphatic carbocycles. The number of rotatable bonds is 10. The van der Waals surface area contributed by atoms with E-state index < -0.39 is 11.8 Å². The summed E-state index contributed by atoms with van der Waals surface area (Å²) in [6.45, 7) is 4.20. The fourth-order valence-electron chi connectivity index (χ4n) is 3.67. The predicted octanol–water partition coefficient (Wildman–Crippen LogP) is 6.29. The van der Waals surface area contributed by atoms with Crippen LogP contribution in [0.3, 0.4) is 0 Å². The number of carbonyl (C=O) groups is 2. The molecule has 3 aromatic carbocycles. The van der Waals surface area contributed by atoms with Gasteiger partial charge in [-0.3, -0.25) is 9.59 Å². The standard InChI is InChI=1S/C28H32N2O4/c1-3-5-8-19-12-14-25(31)23(16-19)27(33)29-21-10-7-11-22(18-21)30-28(34)24-17-20(9-6-4-2)13-15-26(24)32/h7,10-18,31-32H,3-6,8-9H2,1-2H3,(H,29,33)(H,30,34). The zero-order valence-electron chi connectivity index (χ0n) is 19.7. The molecule has 0 atom stereocenters. The van der Waals surface area contributed by atoms with Crippen molar-refractivity contribution in [2.45, 2.75) is 52.4 Å². The first kappa shape index (κ1) is 24.8. The number of hydrogen-bond acceptors (Lipinski definition) is 4. The average Bonchev–Trinajstić information content (AvgIpc) is 2.83. The van der Waals surface area contributed by atoms with Crippen LogP contribution >= 0.6 is 0 Å². The van der Waals surface area contributed by atoms with Crippen LogP contribution in [-0.4, -0.2) is 22.0 Å². The van der Waals surface area contributed by atoms with Gasteiger partial charge in [0.1, 0.15) is 11.5 Å². The van der Waals surface area contributed by atoms with Crippen molar-refractivity contribution < 1.29 is 19.8 Å². The van der Waals surface area contributed by atoms with Crippen molar-refractivity contribution in [2.75, 3.05) is 10.6 Å². The molecule has 0 spiro atoms. The Morgan fingerprint density at radius 1 is 0.676 bits per heavy atom. The maximum Gasteiger partial charge on any atom is 0.259 e. The summed E-state index contributed by atoms with van der Waals surface area (Å²) in [5, 5.41) is 25.9. The van der Waals surface area contributed by atoms with E-state index in [9.17, 15) is 19.8 Å². The van der Waals surface area contributed by atoms with Gasteiger partial charge in [0.15, 0.2) is 0 Å². The SMILES string of the molecule is CCCCc1ccc(O)c(C(=O)Nc2cccc(NC(=O)c3cc(CCCC)ccc3O)c2)c1. The van der Waals surface area contributed by atoms with Crippen LogP contribution in [0.1, 0.15) is 71.4 Å². The highest BCUT2D eigenvalue weighted by molar-refractivity contribution is 6.08. The molecule has 178 valence electrons. The quantitative estimate of drug-likeness (QED) is 0.286. The van der Waals surface area contributed by atoms with E-state index in [1.54, 1.807) is 36.4 Å². The lowest BCUT2D eigenvalue weighted by Crippen LogP contribution is -2.14. The first-order valence-electron chi connectivity index (χ1n) is 11.8. The minimum Gasteiger partial charge on any atom is -0.507 e. The van der Waals surface area contributed by atoms with Crippen molar-refractivity contribution >= 4 is 23.2 Å². The van der Waals surface area contributed by atoms with Gasteiger partial charge in [-0.1, -0.05) is 44.9 Å². The van der Waals surface area contributed by atoms with Crippen molar-refractivity contribution in [1.29, 1.82) is 0 Å². The lowest BCUT2D eigenvalue weighted by molar-refractivity contribution is 0.101. The molecule has 0 aromatic heterocycles. The lowest BCUT2D eigenvalue weighted by atomic mass is 10.0. The zero-order valence-corrected chi connectivity index (χ0v) is 19.7. The molecule has 34 heavy (non-hydrogen) atoms. The Kier molecular flexibility index (Phi) is 8.68. The van der Waals surface area contributed by atoms with Crippen LogP contribution < -0.4 is 10.6 Å². The number of nitrogens with one attached hydrogen (secondary N) is 2. The fourth-order valence-corrected chi connectivity index (χ4v) is 3.67. The topological polar surface area (TPSA) is 98.7 Å². The normalized spacial score (nSPS) is 10.6. The summed E-state index contributed by atoms with van der Waals surface area (Å²) in [4.78, 5) is 25.6. The molecule has 0 radical (unpaired) electrons. The summed E-state index contributed by atoms with van der Waals surface area (Å²) in [5.41, 5.74) is 3.34. The molecule has 3 rings (SSSR count). The van der Waals surface area contributed by atoms with Gasteiger partial charge in [-0.15, -0.1) is 0 Å². The maximum absolute atomic E-state index is 12.8. The van der Waals surface area contributed by atoms with Gasteiger partial charge < -0.3 is 20.8 Å². The third-order valence-corrected chi connectivity index (χ3v) is 5.63. The highest BCUT2D eigenvalue weighted by Crippen LogP contribution is 2.24. The summed E-state index contributed by atoms with van der Waals surface area (Å²) in [5.74, 6) is -1.03. The summed E-state index contributed by atoms with van der Waals surface area (Å²) in [6, 6.07) is 16.9. The van der Waals surface area contributed by atoms with Gasteiger partial charge in [0.25, 0.3) is 11.8 Å². The number of phenolic OH excluding ortho intramolecular Hbond substituents is 2. The van der Waals surface area contributed by atoms with E-state index in [1.165, 1.54) is 12.1 Å². The van der Waals surface area contributed by atoms with E-state index in [1.807, 2.05) is 12.1 Å². The molecule has 0 heterocycles. The first-order valence-corrected chi connectivity index (χ1v) is 11.8. The minimum atomic E-state index is -0.430. The Morgan fingerprint density at radius 3 is 1.53 bits per heavy atom. The number of aryl methyl sites for hydroxylation is 2. The molecule has 0 fully saturated rings. The zero-order chi connectivity index (χ0) is 24.5. The second-order valence-corrected chi connectivity index (χ2v) is 8.40. The molecule has 4 N–H and O–H groups in total. The van der Waals surface area contributed by atoms with Crippen molar-refractivity contribution in [1.82, 2.24) is 0 Å².